The van der Waals surface area contributed by atoms with Crippen LogP contribution in [0.5, 0.6) is 5.75 Å². The van der Waals surface area contributed by atoms with Gasteiger partial charge in [-0.15, -0.1) is 0 Å². The van der Waals surface area contributed by atoms with Crippen molar-refractivity contribution in [2.75, 3.05) is 0 Å². The molecule has 0 fully saturated rings. The van der Waals surface area contributed by atoms with Crippen molar-refractivity contribution in [3.8, 4) is 16.9 Å². The average Bonchev–Trinajstić information content (AvgIpc) is 2.45. The number of rotatable bonds is 3. The van der Waals surface area contributed by atoms with Gasteiger partial charge in [-0.25, -0.2) is 4.79 Å². The molecule has 0 saturated heterocycles. The molecule has 116 valence electrons. The molecule has 1 N–H and O–H groups in total. The molecule has 2 aromatic rings. The van der Waals surface area contributed by atoms with Gasteiger partial charge in [0, 0.05) is 5.56 Å². The zero-order valence-electron chi connectivity index (χ0n) is 13.5. The Morgan fingerprint density at radius 1 is 1.14 bits per heavy atom. The molecule has 0 aliphatic rings. The van der Waals surface area contributed by atoms with Crippen molar-refractivity contribution in [2.45, 2.75) is 39.5 Å². The van der Waals surface area contributed by atoms with E-state index in [-0.39, 0.29) is 5.41 Å². The minimum Gasteiger partial charge on any atom is -0.449 e. The number of carbonyl (C=O) groups is 1. The summed E-state index contributed by atoms with van der Waals surface area (Å²) in [6.07, 6.45) is -0.479. The van der Waals surface area contributed by atoms with Gasteiger partial charge in [-0.3, -0.25) is 0 Å². The summed E-state index contributed by atoms with van der Waals surface area (Å²) in [5, 5.41) is 8.96. The van der Waals surface area contributed by atoms with Gasteiger partial charge in [0.25, 0.3) is 0 Å². The predicted molar refractivity (Wildman–Crippen MR) is 88.6 cm³/mol. The molecule has 0 amide bonds. The SMILES string of the molecule is CCc1cccc(OC(=O)O)c1-c1cccc(C(C)(C)C)c1. The van der Waals surface area contributed by atoms with Crippen LogP contribution in [0, 0.1) is 0 Å². The first kappa shape index (κ1) is 16.1. The summed E-state index contributed by atoms with van der Waals surface area (Å²) in [5.74, 6) is 0.387. The van der Waals surface area contributed by atoms with E-state index >= 15 is 0 Å². The molecule has 0 saturated carbocycles. The fraction of sp³-hybridized carbons (Fsp3) is 0.316. The van der Waals surface area contributed by atoms with Crippen LogP contribution in [-0.4, -0.2) is 11.3 Å². The second-order valence-electron chi connectivity index (χ2n) is 6.34. The van der Waals surface area contributed by atoms with Gasteiger partial charge in [-0.05, 0) is 34.6 Å². The Bertz CT molecular complexity index is 681. The van der Waals surface area contributed by atoms with Crippen molar-refractivity contribution < 1.29 is 14.6 Å². The van der Waals surface area contributed by atoms with Crippen molar-refractivity contribution in [3.63, 3.8) is 0 Å². The second kappa shape index (κ2) is 6.22. The summed E-state index contributed by atoms with van der Waals surface area (Å²) in [6.45, 7) is 8.53. The molecule has 0 aliphatic carbocycles. The van der Waals surface area contributed by atoms with E-state index in [9.17, 15) is 4.79 Å². The van der Waals surface area contributed by atoms with Gasteiger partial charge >= 0.3 is 6.16 Å². The molecule has 0 unspecified atom stereocenters. The van der Waals surface area contributed by atoms with Crippen LogP contribution in [0.25, 0.3) is 11.1 Å². The zero-order chi connectivity index (χ0) is 16.3. The van der Waals surface area contributed by atoms with Crippen molar-refractivity contribution in [1.29, 1.82) is 0 Å². The van der Waals surface area contributed by atoms with Gasteiger partial charge in [0.1, 0.15) is 5.75 Å². The van der Waals surface area contributed by atoms with Crippen molar-refractivity contribution in [3.05, 3.63) is 53.6 Å². The number of carboxylic acid groups (broad SMARTS) is 1. The molecule has 0 aliphatic heterocycles. The molecular formula is C19H22O3. The molecule has 0 spiro atoms. The third-order valence-corrected chi connectivity index (χ3v) is 3.71. The fourth-order valence-electron chi connectivity index (χ4n) is 2.52. The smallest absolute Gasteiger partial charge is 0.449 e. The van der Waals surface area contributed by atoms with Crippen LogP contribution in [0.2, 0.25) is 0 Å². The average molecular weight is 298 g/mol. The number of ether oxygens (including phenoxy) is 1. The number of aryl methyl sites for hydroxylation is 1. The van der Waals surface area contributed by atoms with Crippen molar-refractivity contribution in [1.82, 2.24) is 0 Å². The lowest BCUT2D eigenvalue weighted by Crippen LogP contribution is -2.11. The number of hydrogen-bond acceptors (Lipinski definition) is 2. The lowest BCUT2D eigenvalue weighted by Gasteiger charge is -2.21. The third-order valence-electron chi connectivity index (χ3n) is 3.71. The maximum Gasteiger partial charge on any atom is 0.511 e. The number of hydrogen-bond donors (Lipinski definition) is 1. The molecule has 3 heteroatoms. The van der Waals surface area contributed by atoms with E-state index in [1.807, 2.05) is 24.3 Å². The standard InChI is InChI=1S/C19H22O3/c1-5-13-8-7-11-16(22-18(20)21)17(13)14-9-6-10-15(12-14)19(2,3)4/h6-12H,5H2,1-4H3,(H,20,21). The van der Waals surface area contributed by atoms with Gasteiger partial charge in [-0.2, -0.15) is 0 Å². The van der Waals surface area contributed by atoms with Gasteiger partial charge in [-0.1, -0.05) is 64.1 Å². The largest absolute Gasteiger partial charge is 0.511 e. The second-order valence-corrected chi connectivity index (χ2v) is 6.34. The van der Waals surface area contributed by atoms with Crippen LogP contribution in [0.1, 0.15) is 38.8 Å². The van der Waals surface area contributed by atoms with Gasteiger partial charge in [0.15, 0.2) is 0 Å². The van der Waals surface area contributed by atoms with E-state index < -0.39 is 6.16 Å². The van der Waals surface area contributed by atoms with Gasteiger partial charge < -0.3 is 9.84 Å². The van der Waals surface area contributed by atoms with Gasteiger partial charge in [0.05, 0.1) is 0 Å². The maximum atomic E-state index is 11.0. The van der Waals surface area contributed by atoms with Crippen LogP contribution >= 0.6 is 0 Å². The third kappa shape index (κ3) is 3.48. The molecule has 0 bridgehead atoms. The monoisotopic (exact) mass is 298 g/mol. The molecule has 3 nitrogen and oxygen atoms in total. The van der Waals surface area contributed by atoms with E-state index in [0.29, 0.717) is 5.75 Å². The zero-order valence-corrected chi connectivity index (χ0v) is 13.5. The Morgan fingerprint density at radius 2 is 1.82 bits per heavy atom. The highest BCUT2D eigenvalue weighted by Gasteiger charge is 2.17. The van der Waals surface area contributed by atoms with Crippen LogP contribution < -0.4 is 4.74 Å². The van der Waals surface area contributed by atoms with Crippen molar-refractivity contribution in [2.24, 2.45) is 0 Å². The van der Waals surface area contributed by atoms with E-state index in [1.165, 1.54) is 5.56 Å². The normalized spacial score (nSPS) is 11.3. The summed E-state index contributed by atoms with van der Waals surface area (Å²) >= 11 is 0. The maximum absolute atomic E-state index is 11.0. The fourth-order valence-corrected chi connectivity index (χ4v) is 2.52. The van der Waals surface area contributed by atoms with E-state index in [4.69, 9.17) is 9.84 Å². The summed E-state index contributed by atoms with van der Waals surface area (Å²) in [5.41, 5.74) is 4.16. The van der Waals surface area contributed by atoms with Crippen LogP contribution in [0.15, 0.2) is 42.5 Å². The summed E-state index contributed by atoms with van der Waals surface area (Å²) in [7, 11) is 0. The molecule has 0 heterocycles. The summed E-state index contributed by atoms with van der Waals surface area (Å²) in [4.78, 5) is 11.0. The van der Waals surface area contributed by atoms with E-state index in [0.717, 1.165) is 23.1 Å². The Morgan fingerprint density at radius 3 is 2.41 bits per heavy atom. The van der Waals surface area contributed by atoms with Crippen LogP contribution in [-0.2, 0) is 11.8 Å². The molecule has 2 aromatic carbocycles. The molecule has 0 radical (unpaired) electrons. The minimum atomic E-state index is -1.29. The van der Waals surface area contributed by atoms with Crippen LogP contribution in [0.4, 0.5) is 4.79 Å². The Balaban J connectivity index is 2.62. The first-order chi connectivity index (χ1) is 10.3. The molecule has 0 atom stereocenters. The Labute approximate surface area is 131 Å². The first-order valence-corrected chi connectivity index (χ1v) is 7.46. The summed E-state index contributed by atoms with van der Waals surface area (Å²) < 4.78 is 4.98. The molecule has 22 heavy (non-hydrogen) atoms. The van der Waals surface area contributed by atoms with E-state index in [2.05, 4.69) is 39.8 Å². The predicted octanol–water partition coefficient (Wildman–Crippen LogP) is 5.27. The lowest BCUT2D eigenvalue weighted by molar-refractivity contribution is 0.144. The quantitative estimate of drug-likeness (QED) is 0.620. The van der Waals surface area contributed by atoms with Crippen molar-refractivity contribution >= 4 is 6.16 Å². The molecule has 0 aromatic heterocycles. The molecular weight excluding hydrogens is 276 g/mol. The highest BCUT2D eigenvalue weighted by Crippen LogP contribution is 2.36. The van der Waals surface area contributed by atoms with E-state index in [1.54, 1.807) is 6.07 Å². The van der Waals surface area contributed by atoms with Gasteiger partial charge in [0.2, 0.25) is 0 Å². The number of benzene rings is 2. The van der Waals surface area contributed by atoms with Crippen LogP contribution in [0.3, 0.4) is 0 Å². The molecule has 2 rings (SSSR count). The minimum absolute atomic E-state index is 0.0327. The Kier molecular flexibility index (Phi) is 4.55. The topological polar surface area (TPSA) is 46.5 Å². The lowest BCUT2D eigenvalue weighted by atomic mass is 9.84. The highest BCUT2D eigenvalue weighted by atomic mass is 16.7. The highest BCUT2D eigenvalue weighted by molar-refractivity contribution is 5.77. The Hall–Kier alpha value is -2.29. The first-order valence-electron chi connectivity index (χ1n) is 7.46. The summed E-state index contributed by atoms with van der Waals surface area (Å²) in [6, 6.07) is 13.7.